The summed E-state index contributed by atoms with van der Waals surface area (Å²) in [4.78, 5) is 16.8. The summed E-state index contributed by atoms with van der Waals surface area (Å²) in [6, 6.07) is 7.35. The highest BCUT2D eigenvalue weighted by Gasteiger charge is 2.01. The molecule has 0 aliphatic carbocycles. The van der Waals surface area contributed by atoms with E-state index in [1.165, 1.54) is 0 Å². The predicted molar refractivity (Wildman–Crippen MR) is 71.0 cm³/mol. The monoisotopic (exact) mass is 267 g/mol. The number of nitrogens with one attached hydrogen (secondary N) is 3. The van der Waals surface area contributed by atoms with E-state index in [1.807, 2.05) is 18.2 Å². The molecule has 1 heterocycles. The average Bonchev–Trinajstić information content (AvgIpc) is 2.30. The molecule has 17 heavy (non-hydrogen) atoms. The van der Waals surface area contributed by atoms with Crippen molar-refractivity contribution in [1.29, 1.82) is 0 Å². The van der Waals surface area contributed by atoms with Gasteiger partial charge >= 0.3 is 0 Å². The van der Waals surface area contributed by atoms with Crippen LogP contribution in [0.3, 0.4) is 0 Å². The van der Waals surface area contributed by atoms with Gasteiger partial charge in [-0.05, 0) is 24.4 Å². The van der Waals surface area contributed by atoms with Gasteiger partial charge in [0.15, 0.2) is 4.77 Å². The first-order valence-electron chi connectivity index (χ1n) is 4.96. The molecular formula is C11H10ClN3OS. The van der Waals surface area contributed by atoms with Crippen LogP contribution >= 0.6 is 23.8 Å². The summed E-state index contributed by atoms with van der Waals surface area (Å²) in [5.41, 5.74) is 1.16. The van der Waals surface area contributed by atoms with E-state index < -0.39 is 0 Å². The fourth-order valence-corrected chi connectivity index (χ4v) is 1.72. The van der Waals surface area contributed by atoms with Gasteiger partial charge in [0.25, 0.3) is 5.56 Å². The maximum absolute atomic E-state index is 11.5. The predicted octanol–water partition coefficient (Wildman–Crippen LogP) is 2.70. The number of aromatic nitrogens is 2. The first kappa shape index (κ1) is 11.9. The van der Waals surface area contributed by atoms with Gasteiger partial charge in [-0.3, -0.25) is 9.78 Å². The maximum Gasteiger partial charge on any atom is 0.256 e. The Morgan fingerprint density at radius 2 is 2.12 bits per heavy atom. The molecule has 0 fully saturated rings. The Bertz CT molecular complexity index is 635. The zero-order chi connectivity index (χ0) is 12.3. The smallest absolute Gasteiger partial charge is 0.256 e. The molecule has 4 nitrogen and oxygen atoms in total. The Kier molecular flexibility index (Phi) is 3.61. The molecule has 0 saturated heterocycles. The highest BCUT2D eigenvalue weighted by atomic mass is 35.5. The Morgan fingerprint density at radius 3 is 2.82 bits per heavy atom. The summed E-state index contributed by atoms with van der Waals surface area (Å²) >= 11 is 10.8. The van der Waals surface area contributed by atoms with Crippen molar-refractivity contribution in [2.75, 3.05) is 5.32 Å². The quantitative estimate of drug-likeness (QED) is 0.750. The van der Waals surface area contributed by atoms with Crippen molar-refractivity contribution in [2.24, 2.45) is 0 Å². The van der Waals surface area contributed by atoms with Crippen LogP contribution in [-0.2, 0) is 6.54 Å². The molecule has 1 aromatic heterocycles. The molecule has 1 aromatic carbocycles. The van der Waals surface area contributed by atoms with Gasteiger partial charge in [0, 0.05) is 12.7 Å². The number of aromatic amines is 2. The van der Waals surface area contributed by atoms with Crippen molar-refractivity contribution in [3.8, 4) is 0 Å². The fourth-order valence-electron chi connectivity index (χ4n) is 1.36. The second kappa shape index (κ2) is 5.16. The van der Waals surface area contributed by atoms with Crippen LogP contribution in [0.4, 0.5) is 5.69 Å². The minimum absolute atomic E-state index is 0.201. The van der Waals surface area contributed by atoms with Gasteiger partial charge in [0.2, 0.25) is 0 Å². The van der Waals surface area contributed by atoms with E-state index in [4.69, 9.17) is 23.8 Å². The van der Waals surface area contributed by atoms with Crippen LogP contribution in [0, 0.1) is 4.77 Å². The molecule has 0 amide bonds. The number of halogens is 1. The van der Waals surface area contributed by atoms with E-state index in [2.05, 4.69) is 15.3 Å². The molecule has 88 valence electrons. The molecule has 0 radical (unpaired) electrons. The van der Waals surface area contributed by atoms with E-state index in [0.29, 0.717) is 21.9 Å². The van der Waals surface area contributed by atoms with Gasteiger partial charge in [0.05, 0.1) is 16.3 Å². The standard InChI is InChI=1S/C11H10ClN3OS/c12-8-3-1-2-4-9(8)13-5-7-6-14-11(17)15-10(7)16/h1-4,6,13H,5H2,(H2,14,15,16,17). The molecular weight excluding hydrogens is 258 g/mol. The number of anilines is 1. The Labute approximate surface area is 108 Å². The van der Waals surface area contributed by atoms with Crippen molar-refractivity contribution in [1.82, 2.24) is 9.97 Å². The lowest BCUT2D eigenvalue weighted by atomic mass is 10.3. The SMILES string of the molecule is O=c1[nH]c(=S)[nH]cc1CNc1ccccc1Cl. The number of H-pyrrole nitrogens is 2. The zero-order valence-electron chi connectivity index (χ0n) is 8.79. The normalized spacial score (nSPS) is 10.2. The van der Waals surface area contributed by atoms with E-state index in [1.54, 1.807) is 12.3 Å². The lowest BCUT2D eigenvalue weighted by Crippen LogP contribution is -2.16. The molecule has 0 spiro atoms. The third-order valence-electron chi connectivity index (χ3n) is 2.24. The Morgan fingerprint density at radius 1 is 1.35 bits per heavy atom. The summed E-state index contributed by atoms with van der Waals surface area (Å²) in [5.74, 6) is 0. The number of hydrogen-bond acceptors (Lipinski definition) is 3. The number of benzene rings is 1. The van der Waals surface area contributed by atoms with Gasteiger partial charge in [-0.2, -0.15) is 0 Å². The number of rotatable bonds is 3. The topological polar surface area (TPSA) is 60.7 Å². The van der Waals surface area contributed by atoms with Crippen LogP contribution in [0.1, 0.15) is 5.56 Å². The fraction of sp³-hybridized carbons (Fsp3) is 0.0909. The number of hydrogen-bond donors (Lipinski definition) is 3. The van der Waals surface area contributed by atoms with Crippen molar-refractivity contribution >= 4 is 29.5 Å². The van der Waals surface area contributed by atoms with Crippen LogP contribution in [-0.4, -0.2) is 9.97 Å². The highest BCUT2D eigenvalue weighted by Crippen LogP contribution is 2.20. The van der Waals surface area contributed by atoms with Gasteiger partial charge in [0.1, 0.15) is 0 Å². The van der Waals surface area contributed by atoms with Gasteiger partial charge in [-0.25, -0.2) is 0 Å². The summed E-state index contributed by atoms with van der Waals surface area (Å²) < 4.78 is 0.316. The Hall–Kier alpha value is -1.59. The molecule has 2 rings (SSSR count). The van der Waals surface area contributed by atoms with Crippen molar-refractivity contribution < 1.29 is 0 Å². The third-order valence-corrected chi connectivity index (χ3v) is 2.79. The molecule has 0 bridgehead atoms. The summed E-state index contributed by atoms with van der Waals surface area (Å²) in [7, 11) is 0. The van der Waals surface area contributed by atoms with Gasteiger partial charge < -0.3 is 10.3 Å². The van der Waals surface area contributed by atoms with E-state index in [-0.39, 0.29) is 5.56 Å². The van der Waals surface area contributed by atoms with Gasteiger partial charge in [-0.15, -0.1) is 0 Å². The second-order valence-electron chi connectivity index (χ2n) is 3.43. The lowest BCUT2D eigenvalue weighted by Gasteiger charge is -2.07. The van der Waals surface area contributed by atoms with Crippen LogP contribution < -0.4 is 10.9 Å². The van der Waals surface area contributed by atoms with Crippen LogP contribution in [0.2, 0.25) is 5.02 Å². The average molecular weight is 268 g/mol. The highest BCUT2D eigenvalue weighted by molar-refractivity contribution is 7.71. The second-order valence-corrected chi connectivity index (χ2v) is 4.25. The first-order valence-corrected chi connectivity index (χ1v) is 5.75. The van der Waals surface area contributed by atoms with Crippen molar-refractivity contribution in [2.45, 2.75) is 6.54 Å². The molecule has 0 aliphatic heterocycles. The van der Waals surface area contributed by atoms with Crippen LogP contribution in [0.15, 0.2) is 35.3 Å². The first-order chi connectivity index (χ1) is 8.16. The zero-order valence-corrected chi connectivity index (χ0v) is 10.4. The van der Waals surface area contributed by atoms with Crippen LogP contribution in [0.25, 0.3) is 0 Å². The van der Waals surface area contributed by atoms with E-state index in [9.17, 15) is 4.79 Å². The minimum atomic E-state index is -0.201. The van der Waals surface area contributed by atoms with Crippen molar-refractivity contribution in [3.05, 3.63) is 56.2 Å². The third kappa shape index (κ3) is 2.95. The summed E-state index contributed by atoms with van der Waals surface area (Å²) in [6.07, 6.45) is 1.59. The van der Waals surface area contributed by atoms with Gasteiger partial charge in [-0.1, -0.05) is 23.7 Å². The molecule has 0 atom stereocenters. The van der Waals surface area contributed by atoms with E-state index in [0.717, 1.165) is 5.69 Å². The van der Waals surface area contributed by atoms with Crippen LogP contribution in [0.5, 0.6) is 0 Å². The summed E-state index contributed by atoms with van der Waals surface area (Å²) in [5, 5.41) is 3.70. The largest absolute Gasteiger partial charge is 0.379 e. The number of para-hydroxylation sites is 1. The maximum atomic E-state index is 11.5. The molecule has 0 aliphatic rings. The molecule has 6 heteroatoms. The van der Waals surface area contributed by atoms with E-state index >= 15 is 0 Å². The van der Waals surface area contributed by atoms with Crippen molar-refractivity contribution in [3.63, 3.8) is 0 Å². The molecule has 2 aromatic rings. The minimum Gasteiger partial charge on any atom is -0.379 e. The molecule has 0 saturated carbocycles. The Balaban J connectivity index is 2.16. The molecule has 3 N–H and O–H groups in total. The lowest BCUT2D eigenvalue weighted by molar-refractivity contribution is 0.995. The molecule has 0 unspecified atom stereocenters. The summed E-state index contributed by atoms with van der Waals surface area (Å²) in [6.45, 7) is 0.380.